The molecule has 1 rings (SSSR count). The molecule has 0 bridgehead atoms. The van der Waals surface area contributed by atoms with E-state index < -0.39 is 0 Å². The zero-order chi connectivity index (χ0) is 9.90. The first-order valence-electron chi connectivity index (χ1n) is 4.99. The summed E-state index contributed by atoms with van der Waals surface area (Å²) in [6.45, 7) is 4.24. The number of hydrogen-bond donors (Lipinski definition) is 1. The maximum absolute atomic E-state index is 11.5. The van der Waals surface area contributed by atoms with Crippen molar-refractivity contribution in [1.29, 1.82) is 0 Å². The number of rotatable bonds is 5. The summed E-state index contributed by atoms with van der Waals surface area (Å²) >= 11 is 3.43. The van der Waals surface area contributed by atoms with Gasteiger partial charge in [-0.3, -0.25) is 4.79 Å². The summed E-state index contributed by atoms with van der Waals surface area (Å²) in [6.07, 6.45) is 4.01. The number of amides is 1. The summed E-state index contributed by atoms with van der Waals surface area (Å²) in [5, 5.41) is 3.99. The van der Waals surface area contributed by atoms with Gasteiger partial charge < -0.3 is 5.32 Å². The van der Waals surface area contributed by atoms with Gasteiger partial charge in [-0.05, 0) is 18.8 Å². The fourth-order valence-electron chi connectivity index (χ4n) is 1.25. The highest BCUT2D eigenvalue weighted by atomic mass is 79.9. The molecular formula is C10H18BrNO. The van der Waals surface area contributed by atoms with Gasteiger partial charge in [0.05, 0.1) is 0 Å². The van der Waals surface area contributed by atoms with Crippen LogP contribution in [0.3, 0.4) is 0 Å². The Morgan fingerprint density at radius 2 is 2.23 bits per heavy atom. The predicted molar refractivity (Wildman–Crippen MR) is 58.0 cm³/mol. The first kappa shape index (κ1) is 11.0. The highest BCUT2D eigenvalue weighted by molar-refractivity contribution is 9.09. The second kappa shape index (κ2) is 4.45. The second-order valence-corrected chi connectivity index (χ2v) is 4.74. The molecule has 0 spiro atoms. The molecule has 1 aliphatic carbocycles. The minimum absolute atomic E-state index is 0.116. The summed E-state index contributed by atoms with van der Waals surface area (Å²) in [5.41, 5.74) is 0.116. The zero-order valence-electron chi connectivity index (χ0n) is 8.40. The van der Waals surface area contributed by atoms with Crippen LogP contribution in [0.25, 0.3) is 0 Å². The monoisotopic (exact) mass is 247 g/mol. The van der Waals surface area contributed by atoms with E-state index >= 15 is 0 Å². The van der Waals surface area contributed by atoms with Crippen molar-refractivity contribution in [2.75, 3.05) is 5.33 Å². The number of hydrogen-bond acceptors (Lipinski definition) is 1. The lowest BCUT2D eigenvalue weighted by Gasteiger charge is -2.15. The van der Waals surface area contributed by atoms with Gasteiger partial charge in [0, 0.05) is 17.3 Å². The first-order valence-corrected chi connectivity index (χ1v) is 6.11. The van der Waals surface area contributed by atoms with Crippen molar-refractivity contribution in [2.45, 2.75) is 45.1 Å². The summed E-state index contributed by atoms with van der Waals surface area (Å²) in [4.78, 5) is 11.5. The molecule has 0 aliphatic heterocycles. The number of nitrogens with one attached hydrogen (secondary N) is 1. The number of carbonyl (C=O) groups excluding carboxylic acids is 1. The molecule has 1 unspecified atom stereocenters. The lowest BCUT2D eigenvalue weighted by molar-refractivity contribution is -0.122. The van der Waals surface area contributed by atoms with Crippen molar-refractivity contribution in [1.82, 2.24) is 5.32 Å². The number of carbonyl (C=O) groups is 1. The van der Waals surface area contributed by atoms with Crippen LogP contribution in [0.5, 0.6) is 0 Å². The zero-order valence-corrected chi connectivity index (χ0v) is 9.99. The van der Waals surface area contributed by atoms with Crippen LogP contribution in [0.1, 0.15) is 39.5 Å². The largest absolute Gasteiger partial charge is 0.350 e. The highest BCUT2D eigenvalue weighted by Gasteiger charge is 2.42. The number of halogens is 1. The van der Waals surface area contributed by atoms with Gasteiger partial charge in [-0.25, -0.2) is 0 Å². The normalized spacial score (nSPS) is 20.8. The van der Waals surface area contributed by atoms with E-state index in [0.717, 1.165) is 24.6 Å². The maximum Gasteiger partial charge on any atom is 0.220 e. The Morgan fingerprint density at radius 3 is 2.62 bits per heavy atom. The van der Waals surface area contributed by atoms with Crippen LogP contribution in [0, 0.1) is 5.92 Å². The summed E-state index contributed by atoms with van der Waals surface area (Å²) < 4.78 is 0. The van der Waals surface area contributed by atoms with E-state index in [1.165, 1.54) is 0 Å². The third-order valence-corrected chi connectivity index (χ3v) is 3.82. The van der Waals surface area contributed by atoms with Gasteiger partial charge in [0.1, 0.15) is 0 Å². The van der Waals surface area contributed by atoms with Crippen LogP contribution in [-0.2, 0) is 4.79 Å². The summed E-state index contributed by atoms with van der Waals surface area (Å²) in [5.74, 6) is 0.720. The van der Waals surface area contributed by atoms with Gasteiger partial charge in [-0.2, -0.15) is 0 Å². The van der Waals surface area contributed by atoms with Crippen LogP contribution < -0.4 is 5.32 Å². The van der Waals surface area contributed by atoms with Crippen LogP contribution in [0.4, 0.5) is 0 Å². The molecule has 0 radical (unpaired) electrons. The lowest BCUT2D eigenvalue weighted by atomic mass is 10.0. The Kier molecular flexibility index (Phi) is 3.77. The Morgan fingerprint density at radius 1 is 1.62 bits per heavy atom. The van der Waals surface area contributed by atoms with Crippen LogP contribution >= 0.6 is 15.9 Å². The van der Waals surface area contributed by atoms with E-state index in [0.29, 0.717) is 12.3 Å². The van der Waals surface area contributed by atoms with Crippen molar-refractivity contribution in [2.24, 2.45) is 5.92 Å². The topological polar surface area (TPSA) is 29.1 Å². The average molecular weight is 248 g/mol. The summed E-state index contributed by atoms with van der Waals surface area (Å²) in [6, 6.07) is 0. The Hall–Kier alpha value is -0.0500. The van der Waals surface area contributed by atoms with Crippen molar-refractivity contribution in [3.63, 3.8) is 0 Å². The second-order valence-electron chi connectivity index (χ2n) is 4.18. The molecule has 1 N–H and O–H groups in total. The van der Waals surface area contributed by atoms with Crippen molar-refractivity contribution in [3.8, 4) is 0 Å². The molecule has 1 saturated carbocycles. The molecule has 13 heavy (non-hydrogen) atoms. The molecule has 0 aromatic carbocycles. The van der Waals surface area contributed by atoms with Gasteiger partial charge >= 0.3 is 0 Å². The molecule has 1 fully saturated rings. The minimum Gasteiger partial charge on any atom is -0.350 e. The van der Waals surface area contributed by atoms with Crippen molar-refractivity contribution < 1.29 is 4.79 Å². The van der Waals surface area contributed by atoms with E-state index in [1.807, 2.05) is 0 Å². The van der Waals surface area contributed by atoms with Crippen LogP contribution in [-0.4, -0.2) is 16.8 Å². The van der Waals surface area contributed by atoms with Crippen LogP contribution in [0.2, 0.25) is 0 Å². The fourth-order valence-corrected chi connectivity index (χ4v) is 1.95. The molecular weight excluding hydrogens is 230 g/mol. The predicted octanol–water partition coefficient (Wildman–Crippen LogP) is 2.47. The van der Waals surface area contributed by atoms with E-state index in [2.05, 4.69) is 35.1 Å². The molecule has 1 aliphatic rings. The molecule has 0 aromatic heterocycles. The average Bonchev–Trinajstić information content (AvgIpc) is 2.85. The third kappa shape index (κ3) is 3.29. The van der Waals surface area contributed by atoms with Crippen molar-refractivity contribution >= 4 is 21.8 Å². The Bertz CT molecular complexity index is 189. The fraction of sp³-hybridized carbons (Fsp3) is 0.900. The quantitative estimate of drug-likeness (QED) is 0.744. The maximum atomic E-state index is 11.5. The molecule has 3 heteroatoms. The highest BCUT2D eigenvalue weighted by Crippen LogP contribution is 2.37. The Balaban J connectivity index is 2.25. The Labute approximate surface area is 88.6 Å². The van der Waals surface area contributed by atoms with Gasteiger partial charge in [-0.1, -0.05) is 36.2 Å². The van der Waals surface area contributed by atoms with E-state index in [9.17, 15) is 4.79 Å². The van der Waals surface area contributed by atoms with Gasteiger partial charge in [-0.15, -0.1) is 0 Å². The lowest BCUT2D eigenvalue weighted by Crippen LogP contribution is -2.38. The molecule has 0 aromatic rings. The van der Waals surface area contributed by atoms with Gasteiger partial charge in [0.15, 0.2) is 0 Å². The van der Waals surface area contributed by atoms with Crippen LogP contribution in [0.15, 0.2) is 0 Å². The third-order valence-electron chi connectivity index (χ3n) is 2.74. The molecule has 0 saturated heterocycles. The molecule has 2 nitrogen and oxygen atoms in total. The molecule has 1 amide bonds. The van der Waals surface area contributed by atoms with E-state index in [-0.39, 0.29) is 11.4 Å². The van der Waals surface area contributed by atoms with E-state index in [4.69, 9.17) is 0 Å². The molecule has 0 heterocycles. The van der Waals surface area contributed by atoms with Gasteiger partial charge in [0.2, 0.25) is 5.91 Å². The standard InChI is InChI=1S/C10H18BrNO/c1-3-8(2)6-9(13)12-10(7-11)4-5-10/h8H,3-7H2,1-2H3,(H,12,13). The van der Waals surface area contributed by atoms with E-state index in [1.54, 1.807) is 0 Å². The summed E-state index contributed by atoms with van der Waals surface area (Å²) in [7, 11) is 0. The SMILES string of the molecule is CCC(C)CC(=O)NC1(CBr)CC1. The minimum atomic E-state index is 0.116. The van der Waals surface area contributed by atoms with Gasteiger partial charge in [0.25, 0.3) is 0 Å². The molecule has 1 atom stereocenters. The van der Waals surface area contributed by atoms with Crippen molar-refractivity contribution in [3.05, 3.63) is 0 Å². The first-order chi connectivity index (χ1) is 6.12. The number of alkyl halides is 1. The smallest absolute Gasteiger partial charge is 0.220 e. The molecule has 76 valence electrons.